The molecule has 1 fully saturated rings. The van der Waals surface area contributed by atoms with Crippen molar-refractivity contribution in [1.82, 2.24) is 10.0 Å². The summed E-state index contributed by atoms with van der Waals surface area (Å²) < 4.78 is 25.4. The van der Waals surface area contributed by atoms with Crippen molar-refractivity contribution in [3.05, 3.63) is 29.8 Å². The summed E-state index contributed by atoms with van der Waals surface area (Å²) in [4.78, 5) is 0.324. The molecule has 0 aliphatic heterocycles. The molecule has 0 amide bonds. The second kappa shape index (κ2) is 5.82. The van der Waals surface area contributed by atoms with E-state index in [-0.39, 0.29) is 0 Å². The van der Waals surface area contributed by atoms with Gasteiger partial charge in [-0.1, -0.05) is 12.1 Å². The van der Waals surface area contributed by atoms with Crippen LogP contribution < -0.4 is 10.0 Å². The third-order valence-corrected chi connectivity index (χ3v) is 4.59. The Balaban J connectivity index is 1.83. The maximum Gasteiger partial charge on any atom is 0.240 e. The van der Waals surface area contributed by atoms with Gasteiger partial charge in [0.25, 0.3) is 0 Å². The van der Waals surface area contributed by atoms with Gasteiger partial charge in [0, 0.05) is 6.04 Å². The van der Waals surface area contributed by atoms with Crippen molar-refractivity contribution in [2.45, 2.75) is 36.6 Å². The molecule has 0 bridgehead atoms. The van der Waals surface area contributed by atoms with Crippen molar-refractivity contribution in [1.29, 1.82) is 0 Å². The number of hydrogen-bond donors (Lipinski definition) is 2. The Hall–Kier alpha value is -0.910. The molecule has 4 nitrogen and oxygen atoms in total. The van der Waals surface area contributed by atoms with Crippen LogP contribution in [0.25, 0.3) is 0 Å². The van der Waals surface area contributed by atoms with Crippen LogP contribution in [-0.4, -0.2) is 28.1 Å². The quantitative estimate of drug-likeness (QED) is 0.732. The van der Waals surface area contributed by atoms with Crippen molar-refractivity contribution in [2.75, 3.05) is 13.6 Å². The van der Waals surface area contributed by atoms with E-state index < -0.39 is 10.0 Å². The number of benzene rings is 1. The fraction of sp³-hybridized carbons (Fsp3) is 0.538. The van der Waals surface area contributed by atoms with Crippen LogP contribution in [0, 0.1) is 0 Å². The van der Waals surface area contributed by atoms with Gasteiger partial charge in [-0.05, 0) is 57.0 Å². The van der Waals surface area contributed by atoms with Crippen LogP contribution in [0.4, 0.5) is 0 Å². The minimum Gasteiger partial charge on any atom is -0.314 e. The third-order valence-electron chi connectivity index (χ3n) is 3.15. The molecule has 18 heavy (non-hydrogen) atoms. The van der Waals surface area contributed by atoms with E-state index in [4.69, 9.17) is 0 Å². The van der Waals surface area contributed by atoms with Gasteiger partial charge in [-0.2, -0.15) is 0 Å². The predicted molar refractivity (Wildman–Crippen MR) is 72.0 cm³/mol. The van der Waals surface area contributed by atoms with E-state index in [1.54, 1.807) is 12.1 Å². The highest BCUT2D eigenvalue weighted by Crippen LogP contribution is 2.18. The molecular weight excluding hydrogens is 248 g/mol. The van der Waals surface area contributed by atoms with Crippen LogP contribution in [0.15, 0.2) is 29.2 Å². The second-order valence-corrected chi connectivity index (χ2v) is 6.57. The highest BCUT2D eigenvalue weighted by Gasteiger charge is 2.19. The summed E-state index contributed by atoms with van der Waals surface area (Å²) >= 11 is 0. The Morgan fingerprint density at radius 3 is 2.44 bits per heavy atom. The van der Waals surface area contributed by atoms with Crippen LogP contribution in [0.2, 0.25) is 0 Å². The molecule has 0 saturated heterocycles. The Labute approximate surface area is 109 Å². The van der Waals surface area contributed by atoms with E-state index in [9.17, 15) is 8.42 Å². The standard InChI is InChI=1S/C13H20N2O2S/c1-14-18(16,17)13-8-4-11(5-9-13)3-2-10-15-12-6-7-12/h4-5,8-9,12,14-15H,2-3,6-7,10H2,1H3. The van der Waals surface area contributed by atoms with Gasteiger partial charge in [-0.25, -0.2) is 13.1 Å². The minimum absolute atomic E-state index is 0.324. The first-order valence-electron chi connectivity index (χ1n) is 6.38. The van der Waals surface area contributed by atoms with E-state index in [1.807, 2.05) is 12.1 Å². The molecule has 0 aromatic heterocycles. The van der Waals surface area contributed by atoms with Crippen LogP contribution in [-0.2, 0) is 16.4 Å². The minimum atomic E-state index is -3.31. The van der Waals surface area contributed by atoms with Gasteiger partial charge in [0.15, 0.2) is 0 Å². The number of nitrogens with one attached hydrogen (secondary N) is 2. The summed E-state index contributed by atoms with van der Waals surface area (Å²) in [5.74, 6) is 0. The van der Waals surface area contributed by atoms with Gasteiger partial charge in [0.2, 0.25) is 10.0 Å². The Morgan fingerprint density at radius 1 is 1.22 bits per heavy atom. The molecule has 0 atom stereocenters. The first-order valence-corrected chi connectivity index (χ1v) is 7.86. The maximum absolute atomic E-state index is 11.5. The second-order valence-electron chi connectivity index (χ2n) is 4.68. The number of rotatable bonds is 7. The fourth-order valence-corrected chi connectivity index (χ4v) is 2.57. The molecule has 5 heteroatoms. The van der Waals surface area contributed by atoms with Gasteiger partial charge in [0.1, 0.15) is 0 Å². The Morgan fingerprint density at radius 2 is 1.89 bits per heavy atom. The van der Waals surface area contributed by atoms with E-state index in [0.717, 1.165) is 25.4 Å². The summed E-state index contributed by atoms with van der Waals surface area (Å²) in [6.07, 6.45) is 4.71. The average molecular weight is 268 g/mol. The highest BCUT2D eigenvalue weighted by molar-refractivity contribution is 7.89. The molecule has 1 aromatic carbocycles. The molecule has 0 unspecified atom stereocenters. The van der Waals surface area contributed by atoms with Crippen LogP contribution in [0.1, 0.15) is 24.8 Å². The smallest absolute Gasteiger partial charge is 0.240 e. The predicted octanol–water partition coefficient (Wildman–Crippen LogP) is 1.28. The lowest BCUT2D eigenvalue weighted by Gasteiger charge is -2.05. The van der Waals surface area contributed by atoms with Crippen molar-refractivity contribution in [2.24, 2.45) is 0 Å². The average Bonchev–Trinajstić information content (AvgIpc) is 3.19. The number of hydrogen-bond acceptors (Lipinski definition) is 3. The molecule has 1 aliphatic carbocycles. The molecule has 2 rings (SSSR count). The van der Waals surface area contributed by atoms with Gasteiger partial charge in [-0.15, -0.1) is 0 Å². The van der Waals surface area contributed by atoms with Gasteiger partial charge < -0.3 is 5.32 Å². The van der Waals surface area contributed by atoms with Crippen molar-refractivity contribution < 1.29 is 8.42 Å². The van der Waals surface area contributed by atoms with E-state index in [0.29, 0.717) is 4.90 Å². The molecule has 0 spiro atoms. The van der Waals surface area contributed by atoms with Crippen molar-refractivity contribution in [3.8, 4) is 0 Å². The topological polar surface area (TPSA) is 58.2 Å². The zero-order valence-electron chi connectivity index (χ0n) is 10.6. The lowest BCUT2D eigenvalue weighted by molar-refractivity contribution is 0.588. The first-order chi connectivity index (χ1) is 8.62. The summed E-state index contributed by atoms with van der Waals surface area (Å²) in [5.41, 5.74) is 1.18. The summed E-state index contributed by atoms with van der Waals surface area (Å²) in [6.45, 7) is 1.04. The van der Waals surface area contributed by atoms with Crippen molar-refractivity contribution >= 4 is 10.0 Å². The van der Waals surface area contributed by atoms with E-state index in [1.165, 1.54) is 25.5 Å². The first kappa shape index (κ1) is 13.5. The molecular formula is C13H20N2O2S. The van der Waals surface area contributed by atoms with Crippen LogP contribution in [0.5, 0.6) is 0 Å². The SMILES string of the molecule is CNS(=O)(=O)c1ccc(CCCNC2CC2)cc1. The molecule has 2 N–H and O–H groups in total. The molecule has 1 saturated carbocycles. The molecule has 0 radical (unpaired) electrons. The summed E-state index contributed by atoms with van der Waals surface area (Å²) in [5, 5.41) is 3.47. The van der Waals surface area contributed by atoms with Gasteiger partial charge >= 0.3 is 0 Å². The zero-order chi connectivity index (χ0) is 13.0. The van der Waals surface area contributed by atoms with Gasteiger partial charge in [-0.3, -0.25) is 0 Å². The van der Waals surface area contributed by atoms with Gasteiger partial charge in [0.05, 0.1) is 4.90 Å². The largest absolute Gasteiger partial charge is 0.314 e. The van der Waals surface area contributed by atoms with Crippen LogP contribution in [0.3, 0.4) is 0 Å². The molecule has 100 valence electrons. The van der Waals surface area contributed by atoms with E-state index >= 15 is 0 Å². The summed E-state index contributed by atoms with van der Waals surface area (Å²) in [7, 11) is -1.88. The molecule has 1 aromatic rings. The number of sulfonamides is 1. The summed E-state index contributed by atoms with van der Waals surface area (Å²) in [6, 6.07) is 7.86. The number of aryl methyl sites for hydroxylation is 1. The normalized spacial score (nSPS) is 15.8. The van der Waals surface area contributed by atoms with Crippen molar-refractivity contribution in [3.63, 3.8) is 0 Å². The maximum atomic E-state index is 11.5. The lowest BCUT2D eigenvalue weighted by Crippen LogP contribution is -2.18. The Bertz CT molecular complexity index is 478. The zero-order valence-corrected chi connectivity index (χ0v) is 11.5. The third kappa shape index (κ3) is 3.80. The van der Waals surface area contributed by atoms with E-state index in [2.05, 4.69) is 10.0 Å². The monoisotopic (exact) mass is 268 g/mol. The Kier molecular flexibility index (Phi) is 4.37. The molecule has 1 aliphatic rings. The lowest BCUT2D eigenvalue weighted by atomic mass is 10.1. The van der Waals surface area contributed by atoms with Crippen LogP contribution >= 0.6 is 0 Å². The molecule has 0 heterocycles. The fourth-order valence-electron chi connectivity index (χ4n) is 1.84. The highest BCUT2D eigenvalue weighted by atomic mass is 32.2.